The summed E-state index contributed by atoms with van der Waals surface area (Å²) in [5.41, 5.74) is 2.20. The number of imidazole rings is 1. The maximum Gasteiger partial charge on any atom is 0.136 e. The average Bonchev–Trinajstić information content (AvgIpc) is 3.00. The summed E-state index contributed by atoms with van der Waals surface area (Å²) in [5.74, 6) is 0.981. The third-order valence-electron chi connectivity index (χ3n) is 3.42. The number of benzene rings is 1. The van der Waals surface area contributed by atoms with Crippen LogP contribution in [0, 0.1) is 0 Å². The fraction of sp³-hybridized carbons (Fsp3) is 0.500. The van der Waals surface area contributed by atoms with Gasteiger partial charge in [0.25, 0.3) is 0 Å². The Morgan fingerprint density at radius 1 is 1.44 bits per heavy atom. The average molecular weight is 246 g/mol. The van der Waals surface area contributed by atoms with Gasteiger partial charge in [0.15, 0.2) is 0 Å². The van der Waals surface area contributed by atoms with Crippen LogP contribution in [0.2, 0.25) is 0 Å². The number of nitrogens with zero attached hydrogens (tertiary/aromatic N) is 2. The van der Waals surface area contributed by atoms with Crippen molar-refractivity contribution in [3.8, 4) is 0 Å². The van der Waals surface area contributed by atoms with Crippen molar-refractivity contribution in [3.05, 3.63) is 30.1 Å². The molecule has 1 atom stereocenters. The van der Waals surface area contributed by atoms with Crippen LogP contribution in [0.1, 0.15) is 18.7 Å². The lowest BCUT2D eigenvalue weighted by molar-refractivity contribution is 0.0946. The van der Waals surface area contributed by atoms with Crippen molar-refractivity contribution < 1.29 is 9.47 Å². The molecule has 18 heavy (non-hydrogen) atoms. The molecule has 1 fully saturated rings. The first-order valence-electron chi connectivity index (χ1n) is 6.43. The van der Waals surface area contributed by atoms with E-state index in [2.05, 4.69) is 15.6 Å². The topological polar surface area (TPSA) is 36.3 Å². The Balaban J connectivity index is 1.97. The molecule has 1 saturated heterocycles. The molecule has 0 amide bonds. The van der Waals surface area contributed by atoms with E-state index in [1.807, 2.05) is 18.2 Å². The van der Waals surface area contributed by atoms with Gasteiger partial charge in [0, 0.05) is 13.7 Å². The first-order valence-corrected chi connectivity index (χ1v) is 6.43. The molecule has 2 aromatic rings. The Morgan fingerprint density at radius 3 is 3.11 bits per heavy atom. The van der Waals surface area contributed by atoms with Gasteiger partial charge in [-0.05, 0) is 25.0 Å². The second-order valence-electron chi connectivity index (χ2n) is 4.70. The summed E-state index contributed by atoms with van der Waals surface area (Å²) in [6, 6.07) is 8.21. The number of hydrogen-bond acceptors (Lipinski definition) is 3. The predicted molar refractivity (Wildman–Crippen MR) is 69.4 cm³/mol. The van der Waals surface area contributed by atoms with Gasteiger partial charge in [0.05, 0.1) is 23.7 Å². The van der Waals surface area contributed by atoms with Crippen molar-refractivity contribution in [2.75, 3.05) is 13.7 Å². The SMILES string of the molecule is COCc1nc2ccccc2n1CC1CCCO1. The van der Waals surface area contributed by atoms with E-state index in [-0.39, 0.29) is 0 Å². The minimum absolute atomic E-state index is 0.318. The van der Waals surface area contributed by atoms with Gasteiger partial charge < -0.3 is 14.0 Å². The highest BCUT2D eigenvalue weighted by Gasteiger charge is 2.19. The first-order chi connectivity index (χ1) is 8.88. The van der Waals surface area contributed by atoms with Crippen molar-refractivity contribution >= 4 is 11.0 Å². The molecule has 0 radical (unpaired) electrons. The van der Waals surface area contributed by atoms with Crippen LogP contribution < -0.4 is 0 Å². The highest BCUT2D eigenvalue weighted by Crippen LogP contribution is 2.21. The standard InChI is InChI=1S/C14H18N2O2/c1-17-10-14-15-12-6-2-3-7-13(12)16(14)9-11-5-4-8-18-11/h2-3,6-7,11H,4-5,8-10H2,1H3. The summed E-state index contributed by atoms with van der Waals surface area (Å²) in [4.78, 5) is 4.63. The number of methoxy groups -OCH3 is 1. The lowest BCUT2D eigenvalue weighted by Crippen LogP contribution is -2.17. The van der Waals surface area contributed by atoms with Gasteiger partial charge in [0.2, 0.25) is 0 Å². The van der Waals surface area contributed by atoms with E-state index in [4.69, 9.17) is 9.47 Å². The molecule has 4 heteroatoms. The van der Waals surface area contributed by atoms with Gasteiger partial charge in [-0.15, -0.1) is 0 Å². The van der Waals surface area contributed by atoms with Crippen molar-refractivity contribution in [2.24, 2.45) is 0 Å². The monoisotopic (exact) mass is 246 g/mol. The number of aromatic nitrogens is 2. The molecular formula is C14H18N2O2. The van der Waals surface area contributed by atoms with E-state index in [9.17, 15) is 0 Å². The quantitative estimate of drug-likeness (QED) is 0.831. The summed E-state index contributed by atoms with van der Waals surface area (Å²) < 4.78 is 13.2. The third kappa shape index (κ3) is 2.13. The van der Waals surface area contributed by atoms with E-state index >= 15 is 0 Å². The molecule has 2 heterocycles. The summed E-state index contributed by atoms with van der Waals surface area (Å²) >= 11 is 0. The zero-order valence-electron chi connectivity index (χ0n) is 10.6. The van der Waals surface area contributed by atoms with E-state index in [1.165, 1.54) is 5.52 Å². The Morgan fingerprint density at radius 2 is 2.33 bits per heavy atom. The molecule has 96 valence electrons. The molecule has 0 bridgehead atoms. The van der Waals surface area contributed by atoms with Gasteiger partial charge in [-0.25, -0.2) is 4.98 Å². The molecule has 0 spiro atoms. The lowest BCUT2D eigenvalue weighted by atomic mass is 10.2. The highest BCUT2D eigenvalue weighted by atomic mass is 16.5. The third-order valence-corrected chi connectivity index (χ3v) is 3.42. The van der Waals surface area contributed by atoms with E-state index in [0.717, 1.165) is 37.3 Å². The predicted octanol–water partition coefficient (Wildman–Crippen LogP) is 2.36. The van der Waals surface area contributed by atoms with Crippen LogP contribution in [0.15, 0.2) is 24.3 Å². The molecule has 1 aliphatic rings. The van der Waals surface area contributed by atoms with E-state index in [1.54, 1.807) is 7.11 Å². The van der Waals surface area contributed by atoms with E-state index < -0.39 is 0 Å². The van der Waals surface area contributed by atoms with Crippen LogP contribution in [0.25, 0.3) is 11.0 Å². The van der Waals surface area contributed by atoms with Crippen molar-refractivity contribution in [3.63, 3.8) is 0 Å². The second-order valence-corrected chi connectivity index (χ2v) is 4.70. The summed E-state index contributed by atoms with van der Waals surface area (Å²) in [5, 5.41) is 0. The smallest absolute Gasteiger partial charge is 0.136 e. The van der Waals surface area contributed by atoms with Gasteiger partial charge in [-0.3, -0.25) is 0 Å². The Hall–Kier alpha value is -1.39. The minimum Gasteiger partial charge on any atom is -0.377 e. The van der Waals surface area contributed by atoms with Crippen LogP contribution in [0.3, 0.4) is 0 Å². The molecule has 1 aromatic heterocycles. The Kier molecular flexibility index (Phi) is 3.30. The lowest BCUT2D eigenvalue weighted by Gasteiger charge is -2.13. The fourth-order valence-corrected chi connectivity index (χ4v) is 2.56. The molecule has 0 saturated carbocycles. The summed E-state index contributed by atoms with van der Waals surface area (Å²) in [6.45, 7) is 2.30. The molecule has 4 nitrogen and oxygen atoms in total. The second kappa shape index (κ2) is 5.08. The zero-order chi connectivity index (χ0) is 12.4. The summed E-state index contributed by atoms with van der Waals surface area (Å²) in [7, 11) is 1.70. The Bertz CT molecular complexity index is 530. The maximum absolute atomic E-state index is 5.72. The van der Waals surface area contributed by atoms with Crippen LogP contribution in [-0.2, 0) is 22.6 Å². The molecule has 3 rings (SSSR count). The largest absolute Gasteiger partial charge is 0.377 e. The van der Waals surface area contributed by atoms with Crippen LogP contribution >= 0.6 is 0 Å². The van der Waals surface area contributed by atoms with Gasteiger partial charge >= 0.3 is 0 Å². The number of hydrogen-bond donors (Lipinski definition) is 0. The number of fused-ring (bicyclic) bond motifs is 1. The number of para-hydroxylation sites is 2. The van der Waals surface area contributed by atoms with Gasteiger partial charge in [0.1, 0.15) is 12.4 Å². The van der Waals surface area contributed by atoms with Crippen molar-refractivity contribution in [1.29, 1.82) is 0 Å². The van der Waals surface area contributed by atoms with E-state index in [0.29, 0.717) is 12.7 Å². The molecule has 1 unspecified atom stereocenters. The minimum atomic E-state index is 0.318. The van der Waals surface area contributed by atoms with Crippen molar-refractivity contribution in [2.45, 2.75) is 32.1 Å². The highest BCUT2D eigenvalue weighted by molar-refractivity contribution is 5.75. The Labute approximate surface area is 107 Å². The summed E-state index contributed by atoms with van der Waals surface area (Å²) in [6.07, 6.45) is 2.62. The van der Waals surface area contributed by atoms with Gasteiger partial charge in [-0.2, -0.15) is 0 Å². The van der Waals surface area contributed by atoms with Crippen LogP contribution in [0.5, 0.6) is 0 Å². The maximum atomic E-state index is 5.72. The number of rotatable bonds is 4. The fourth-order valence-electron chi connectivity index (χ4n) is 2.56. The van der Waals surface area contributed by atoms with Crippen molar-refractivity contribution in [1.82, 2.24) is 9.55 Å². The zero-order valence-corrected chi connectivity index (χ0v) is 10.6. The molecule has 0 N–H and O–H groups in total. The van der Waals surface area contributed by atoms with Gasteiger partial charge in [-0.1, -0.05) is 12.1 Å². The molecule has 1 aromatic carbocycles. The normalized spacial score (nSPS) is 19.7. The molecule has 0 aliphatic carbocycles. The first kappa shape index (κ1) is 11.7. The molecular weight excluding hydrogens is 228 g/mol. The van der Waals surface area contributed by atoms with Crippen LogP contribution in [-0.4, -0.2) is 29.4 Å². The number of ether oxygens (including phenoxy) is 2. The van der Waals surface area contributed by atoms with Crippen LogP contribution in [0.4, 0.5) is 0 Å². The molecule has 1 aliphatic heterocycles.